The van der Waals surface area contributed by atoms with Crippen molar-refractivity contribution in [2.24, 2.45) is 0 Å². The lowest BCUT2D eigenvalue weighted by Crippen LogP contribution is -2.11. The number of thiophene rings is 1. The number of nitrogens with one attached hydrogen (secondary N) is 1. The lowest BCUT2D eigenvalue weighted by atomic mass is 9.97. The highest BCUT2D eigenvalue weighted by Crippen LogP contribution is 2.41. The Kier molecular flexibility index (Phi) is 4.48. The Labute approximate surface area is 159 Å². The van der Waals surface area contributed by atoms with Gasteiger partial charge in [-0.15, -0.1) is 11.3 Å². The van der Waals surface area contributed by atoms with Gasteiger partial charge in [0.05, 0.1) is 16.5 Å². The van der Waals surface area contributed by atoms with Gasteiger partial charge in [-0.3, -0.25) is 0 Å². The zero-order valence-corrected chi connectivity index (χ0v) is 15.0. The Hall–Kier alpha value is -2.36. The number of halogens is 6. The first-order valence-corrected chi connectivity index (χ1v) is 9.26. The molecule has 1 aliphatic carbocycles. The van der Waals surface area contributed by atoms with Crippen LogP contribution in [0.3, 0.4) is 0 Å². The van der Waals surface area contributed by atoms with Gasteiger partial charge in [0.2, 0.25) is 0 Å². The molecule has 28 heavy (non-hydrogen) atoms. The van der Waals surface area contributed by atoms with Crippen LogP contribution in [-0.4, -0.2) is 9.97 Å². The van der Waals surface area contributed by atoms with Crippen LogP contribution in [0.15, 0.2) is 24.5 Å². The fourth-order valence-electron chi connectivity index (χ4n) is 3.35. The van der Waals surface area contributed by atoms with Crippen LogP contribution >= 0.6 is 11.3 Å². The minimum Gasteiger partial charge on any atom is -0.340 e. The molecular formula is C18H13F6N3S. The number of hydrogen-bond acceptors (Lipinski definition) is 4. The van der Waals surface area contributed by atoms with Crippen molar-refractivity contribution in [2.45, 2.75) is 38.0 Å². The quantitative estimate of drug-likeness (QED) is 0.494. The summed E-state index contributed by atoms with van der Waals surface area (Å²) in [4.78, 5) is 10.1. The summed E-state index contributed by atoms with van der Waals surface area (Å²) in [6.45, 7) is 0. The molecule has 0 unspecified atom stereocenters. The Morgan fingerprint density at radius 1 is 0.857 bits per heavy atom. The highest BCUT2D eigenvalue weighted by molar-refractivity contribution is 7.19. The van der Waals surface area contributed by atoms with E-state index < -0.39 is 23.5 Å². The second-order valence-electron chi connectivity index (χ2n) is 6.53. The van der Waals surface area contributed by atoms with Crippen LogP contribution in [-0.2, 0) is 25.2 Å². The average Bonchev–Trinajstić information content (AvgIpc) is 2.99. The molecule has 0 spiro atoms. The molecule has 0 fully saturated rings. The molecule has 1 aromatic carbocycles. The van der Waals surface area contributed by atoms with Crippen molar-refractivity contribution in [3.05, 3.63) is 46.1 Å². The van der Waals surface area contributed by atoms with Crippen LogP contribution in [0, 0.1) is 0 Å². The van der Waals surface area contributed by atoms with Crippen LogP contribution in [0.4, 0.5) is 37.8 Å². The molecule has 0 bridgehead atoms. The van der Waals surface area contributed by atoms with Crippen molar-refractivity contribution in [3.8, 4) is 0 Å². The van der Waals surface area contributed by atoms with E-state index in [1.165, 1.54) is 17.7 Å². The summed E-state index contributed by atoms with van der Waals surface area (Å²) in [6, 6.07) is 1.41. The third-order valence-electron chi connectivity index (χ3n) is 4.60. The second kappa shape index (κ2) is 6.61. The van der Waals surface area contributed by atoms with Crippen molar-refractivity contribution in [1.82, 2.24) is 9.97 Å². The van der Waals surface area contributed by atoms with E-state index in [2.05, 4.69) is 15.3 Å². The molecule has 0 radical (unpaired) electrons. The Bertz CT molecular complexity index is 1010. The van der Waals surface area contributed by atoms with E-state index in [1.54, 1.807) is 0 Å². The van der Waals surface area contributed by atoms with Crippen molar-refractivity contribution in [2.75, 3.05) is 5.32 Å². The predicted molar refractivity (Wildman–Crippen MR) is 93.8 cm³/mol. The van der Waals surface area contributed by atoms with Gasteiger partial charge in [-0.2, -0.15) is 26.3 Å². The molecule has 4 rings (SSSR count). The fraction of sp³-hybridized carbons (Fsp3) is 0.333. The first-order chi connectivity index (χ1) is 13.1. The highest BCUT2D eigenvalue weighted by Gasteiger charge is 2.37. The van der Waals surface area contributed by atoms with Crippen molar-refractivity contribution < 1.29 is 26.3 Å². The number of alkyl halides is 6. The normalized spacial score (nSPS) is 14.9. The lowest BCUT2D eigenvalue weighted by molar-refractivity contribution is -0.143. The van der Waals surface area contributed by atoms with Gasteiger partial charge in [0, 0.05) is 10.6 Å². The summed E-state index contributed by atoms with van der Waals surface area (Å²) >= 11 is 1.49. The minimum absolute atomic E-state index is 0.104. The summed E-state index contributed by atoms with van der Waals surface area (Å²) in [6.07, 6.45) is -4.87. The third-order valence-corrected chi connectivity index (χ3v) is 5.80. The van der Waals surface area contributed by atoms with E-state index >= 15 is 0 Å². The molecular weight excluding hydrogens is 404 g/mol. The molecule has 2 aromatic heterocycles. The standard InChI is InChI=1S/C18H13F6N3S/c19-17(20,21)9-5-10(18(22,23)24)7-11(6-9)27-15-14-12-3-1-2-4-13(12)28-16(14)26-8-25-15/h5-8H,1-4H2,(H,25,26,27). The molecule has 0 saturated carbocycles. The van der Waals surface area contributed by atoms with Crippen LogP contribution in [0.25, 0.3) is 10.2 Å². The first-order valence-electron chi connectivity index (χ1n) is 8.44. The van der Waals surface area contributed by atoms with E-state index in [0.717, 1.165) is 36.1 Å². The van der Waals surface area contributed by atoms with Gasteiger partial charge in [0.25, 0.3) is 0 Å². The molecule has 0 saturated heterocycles. The SMILES string of the molecule is FC(F)(F)c1cc(Nc2ncnc3sc4c(c23)CCCC4)cc(C(F)(F)F)c1. The van der Waals surface area contributed by atoms with Crippen LogP contribution < -0.4 is 5.32 Å². The van der Waals surface area contributed by atoms with E-state index in [9.17, 15) is 26.3 Å². The number of aryl methyl sites for hydroxylation is 2. The van der Waals surface area contributed by atoms with Crippen LogP contribution in [0.5, 0.6) is 0 Å². The van der Waals surface area contributed by atoms with Gasteiger partial charge in [-0.25, -0.2) is 9.97 Å². The predicted octanol–water partition coefficient (Wildman–Crippen LogP) is 6.35. The maximum atomic E-state index is 13.1. The smallest absolute Gasteiger partial charge is 0.340 e. The fourth-order valence-corrected chi connectivity index (χ4v) is 4.58. The third kappa shape index (κ3) is 3.52. The number of rotatable bonds is 2. The molecule has 0 aliphatic heterocycles. The zero-order chi connectivity index (χ0) is 20.1. The topological polar surface area (TPSA) is 37.8 Å². The van der Waals surface area contributed by atoms with Gasteiger partial charge in [-0.05, 0) is 49.4 Å². The zero-order valence-electron chi connectivity index (χ0n) is 14.2. The molecule has 3 nitrogen and oxygen atoms in total. The summed E-state index contributed by atoms with van der Waals surface area (Å²) in [5.74, 6) is 0.219. The number of anilines is 2. The minimum atomic E-state index is -4.90. The highest BCUT2D eigenvalue weighted by atomic mass is 32.1. The van der Waals surface area contributed by atoms with Gasteiger partial charge in [0.15, 0.2) is 0 Å². The molecule has 0 amide bonds. The Balaban J connectivity index is 1.82. The monoisotopic (exact) mass is 417 g/mol. The first kappa shape index (κ1) is 19.0. The van der Waals surface area contributed by atoms with Gasteiger partial charge in [0.1, 0.15) is 17.0 Å². The second-order valence-corrected chi connectivity index (χ2v) is 7.62. The number of aromatic nitrogens is 2. The van der Waals surface area contributed by atoms with Gasteiger partial charge >= 0.3 is 12.4 Å². The van der Waals surface area contributed by atoms with Crippen molar-refractivity contribution >= 4 is 33.1 Å². The Morgan fingerprint density at radius 3 is 2.14 bits per heavy atom. The molecule has 0 atom stereocenters. The molecule has 1 aliphatic rings. The molecule has 1 N–H and O–H groups in total. The van der Waals surface area contributed by atoms with Gasteiger partial charge < -0.3 is 5.32 Å². The number of hydrogen-bond donors (Lipinski definition) is 1. The summed E-state index contributed by atoms with van der Waals surface area (Å²) < 4.78 is 78.5. The molecule has 2 heterocycles. The maximum absolute atomic E-state index is 13.1. The summed E-state index contributed by atoms with van der Waals surface area (Å²) in [5, 5.41) is 3.34. The van der Waals surface area contributed by atoms with E-state index in [-0.39, 0.29) is 17.6 Å². The number of fused-ring (bicyclic) bond motifs is 3. The lowest BCUT2D eigenvalue weighted by Gasteiger charge is -2.16. The summed E-state index contributed by atoms with van der Waals surface area (Å²) in [7, 11) is 0. The van der Waals surface area contributed by atoms with Crippen LogP contribution in [0.2, 0.25) is 0 Å². The van der Waals surface area contributed by atoms with Crippen molar-refractivity contribution in [3.63, 3.8) is 0 Å². The van der Waals surface area contributed by atoms with E-state index in [1.807, 2.05) is 0 Å². The molecule has 10 heteroatoms. The van der Waals surface area contributed by atoms with E-state index in [4.69, 9.17) is 0 Å². The van der Waals surface area contributed by atoms with Crippen molar-refractivity contribution in [1.29, 1.82) is 0 Å². The largest absolute Gasteiger partial charge is 0.416 e. The molecule has 3 aromatic rings. The number of benzene rings is 1. The van der Waals surface area contributed by atoms with E-state index in [0.29, 0.717) is 22.3 Å². The molecule has 148 valence electrons. The van der Waals surface area contributed by atoms with Gasteiger partial charge in [-0.1, -0.05) is 0 Å². The Morgan fingerprint density at radius 2 is 1.50 bits per heavy atom. The maximum Gasteiger partial charge on any atom is 0.416 e. The number of nitrogens with zero attached hydrogens (tertiary/aromatic N) is 2. The average molecular weight is 417 g/mol. The van der Waals surface area contributed by atoms with Crippen LogP contribution in [0.1, 0.15) is 34.4 Å². The summed E-state index contributed by atoms with van der Waals surface area (Å²) in [5.41, 5.74) is -2.04.